The second kappa shape index (κ2) is 20.1. The molecule has 15 heteroatoms. The van der Waals surface area contributed by atoms with E-state index in [1.165, 1.54) is 25.1 Å². The molecule has 0 radical (unpaired) electrons. The SMILES string of the molecule is C[C@H](NC(=O)OC(C)(C)C)C(=O)Oc1cc(Cl)ccc1NC(=O)c1cc2ccccc2cc1OCCNC(=O)c1cc2ccccc2cc1OCCCNC(=O)OC(C)(C)C. The molecule has 322 valence electrons. The summed E-state index contributed by atoms with van der Waals surface area (Å²) in [5.74, 6) is -1.23. The van der Waals surface area contributed by atoms with Crippen molar-refractivity contribution >= 4 is 68.8 Å². The topological polar surface area (TPSA) is 180 Å². The molecule has 0 heterocycles. The number of hydrogen-bond donors (Lipinski definition) is 4. The van der Waals surface area contributed by atoms with Crippen LogP contribution in [0.4, 0.5) is 15.3 Å². The highest BCUT2D eigenvalue weighted by Gasteiger charge is 2.25. The van der Waals surface area contributed by atoms with Gasteiger partial charge in [0.2, 0.25) is 0 Å². The third kappa shape index (κ3) is 13.8. The Bertz CT molecular complexity index is 2410. The van der Waals surface area contributed by atoms with Gasteiger partial charge in [-0.2, -0.15) is 0 Å². The molecule has 14 nitrogen and oxygen atoms in total. The molecule has 61 heavy (non-hydrogen) atoms. The Balaban J connectivity index is 1.25. The van der Waals surface area contributed by atoms with Crippen LogP contribution in [0, 0.1) is 0 Å². The maximum atomic E-state index is 14.0. The summed E-state index contributed by atoms with van der Waals surface area (Å²) in [6, 6.07) is 25.3. The van der Waals surface area contributed by atoms with E-state index in [-0.39, 0.29) is 47.5 Å². The van der Waals surface area contributed by atoms with Gasteiger partial charge in [0.1, 0.15) is 35.3 Å². The number of alkyl carbamates (subject to hydrolysis) is 2. The molecule has 4 N–H and O–H groups in total. The number of carbonyl (C=O) groups is 5. The number of halogens is 1. The molecular formula is C46H51ClN4O10. The summed E-state index contributed by atoms with van der Waals surface area (Å²) in [4.78, 5) is 64.8. The average molecular weight is 855 g/mol. The molecule has 0 aliphatic rings. The van der Waals surface area contributed by atoms with E-state index in [4.69, 9.17) is 35.3 Å². The first-order chi connectivity index (χ1) is 28.8. The van der Waals surface area contributed by atoms with Gasteiger partial charge in [-0.05, 0) is 113 Å². The summed E-state index contributed by atoms with van der Waals surface area (Å²) in [5, 5.41) is 14.4. The molecule has 5 aromatic rings. The molecule has 0 aromatic heterocycles. The van der Waals surface area contributed by atoms with Crippen molar-refractivity contribution in [2.45, 2.75) is 72.1 Å². The van der Waals surface area contributed by atoms with Crippen molar-refractivity contribution in [3.63, 3.8) is 0 Å². The van der Waals surface area contributed by atoms with Gasteiger partial charge in [-0.3, -0.25) is 9.59 Å². The Morgan fingerprint density at radius 3 is 1.70 bits per heavy atom. The van der Waals surface area contributed by atoms with E-state index in [1.807, 2.05) is 48.5 Å². The quantitative estimate of drug-likeness (QED) is 0.0452. The second-order valence-corrected chi connectivity index (χ2v) is 16.4. The van der Waals surface area contributed by atoms with Crippen LogP contribution < -0.4 is 35.5 Å². The fourth-order valence-electron chi connectivity index (χ4n) is 5.83. The molecule has 0 fully saturated rings. The number of fused-ring (bicyclic) bond motifs is 2. The van der Waals surface area contributed by atoms with Crippen molar-refractivity contribution in [3.05, 3.63) is 107 Å². The Labute approximate surface area is 359 Å². The highest BCUT2D eigenvalue weighted by Crippen LogP contribution is 2.32. The zero-order valence-electron chi connectivity index (χ0n) is 35.2. The number of benzene rings is 5. The number of carbonyl (C=O) groups excluding carboxylic acids is 5. The first-order valence-corrected chi connectivity index (χ1v) is 20.1. The minimum Gasteiger partial charge on any atom is -0.493 e. The lowest BCUT2D eigenvalue weighted by molar-refractivity contribution is -0.136. The minimum atomic E-state index is -1.10. The predicted octanol–water partition coefficient (Wildman–Crippen LogP) is 8.82. The highest BCUT2D eigenvalue weighted by atomic mass is 35.5. The summed E-state index contributed by atoms with van der Waals surface area (Å²) < 4.78 is 28.3. The van der Waals surface area contributed by atoms with Crippen LogP contribution in [0.1, 0.15) is 75.6 Å². The van der Waals surface area contributed by atoms with Crippen molar-refractivity contribution in [2.24, 2.45) is 0 Å². The number of nitrogens with one attached hydrogen (secondary N) is 4. The van der Waals surface area contributed by atoms with Crippen molar-refractivity contribution in [1.29, 1.82) is 0 Å². The number of rotatable bonds is 15. The Kier molecular flexibility index (Phi) is 15.0. The minimum absolute atomic E-state index is 0.00316. The molecule has 5 aromatic carbocycles. The number of esters is 1. The van der Waals surface area contributed by atoms with Gasteiger partial charge >= 0.3 is 18.2 Å². The van der Waals surface area contributed by atoms with E-state index in [0.29, 0.717) is 24.3 Å². The van der Waals surface area contributed by atoms with E-state index in [9.17, 15) is 24.0 Å². The van der Waals surface area contributed by atoms with Crippen LogP contribution in [0.15, 0.2) is 91.0 Å². The molecule has 0 spiro atoms. The lowest BCUT2D eigenvalue weighted by Gasteiger charge is -2.21. The van der Waals surface area contributed by atoms with E-state index >= 15 is 0 Å². The van der Waals surface area contributed by atoms with E-state index in [2.05, 4.69) is 21.3 Å². The van der Waals surface area contributed by atoms with E-state index in [1.54, 1.807) is 65.8 Å². The van der Waals surface area contributed by atoms with E-state index < -0.39 is 47.2 Å². The van der Waals surface area contributed by atoms with Crippen LogP contribution >= 0.6 is 11.6 Å². The summed E-state index contributed by atoms with van der Waals surface area (Å²) in [7, 11) is 0. The van der Waals surface area contributed by atoms with Gasteiger partial charge in [-0.25, -0.2) is 14.4 Å². The molecule has 5 rings (SSSR count). The van der Waals surface area contributed by atoms with Crippen LogP contribution in [0.2, 0.25) is 5.02 Å². The summed E-state index contributed by atoms with van der Waals surface area (Å²) in [6.45, 7) is 12.5. The smallest absolute Gasteiger partial charge is 0.408 e. The highest BCUT2D eigenvalue weighted by molar-refractivity contribution is 6.31. The molecule has 0 bridgehead atoms. The van der Waals surface area contributed by atoms with Crippen LogP contribution in [0.3, 0.4) is 0 Å². The second-order valence-electron chi connectivity index (χ2n) is 16.0. The van der Waals surface area contributed by atoms with Crippen LogP contribution in [-0.4, -0.2) is 73.5 Å². The first-order valence-electron chi connectivity index (χ1n) is 19.7. The molecular weight excluding hydrogens is 804 g/mol. The standard InChI is InChI=1S/C46H51ClN4O10/c1-28(50-44(56)61-46(5,6)7)42(54)59-39-27-33(47)17-18-36(39)51-41(53)35-24-30-14-9-11-16-32(30)26-38(35)58-22-20-48-40(52)34-23-29-13-8-10-15-31(29)25-37(34)57-21-12-19-49-43(55)60-45(2,3)4/h8-11,13-18,23-28H,12,19-22H2,1-7H3,(H,48,52)(H,49,55)(H,50,56)(H,51,53)/t28-/m0/s1. The number of ether oxygens (including phenoxy) is 5. The normalized spacial score (nSPS) is 11.9. The summed E-state index contributed by atoms with van der Waals surface area (Å²) in [5.41, 5.74) is -0.770. The largest absolute Gasteiger partial charge is 0.493 e. The molecule has 0 aliphatic heterocycles. The van der Waals surface area contributed by atoms with Gasteiger partial charge in [0.05, 0.1) is 30.0 Å². The van der Waals surface area contributed by atoms with Crippen molar-refractivity contribution < 1.29 is 47.7 Å². The zero-order chi connectivity index (χ0) is 44.3. The van der Waals surface area contributed by atoms with Gasteiger partial charge in [-0.15, -0.1) is 0 Å². The molecule has 4 amide bonds. The fourth-order valence-corrected chi connectivity index (χ4v) is 5.99. The Morgan fingerprint density at radius 2 is 1.13 bits per heavy atom. The number of amides is 4. The lowest BCUT2D eigenvalue weighted by atomic mass is 10.0. The Hall–Kier alpha value is -6.54. The zero-order valence-corrected chi connectivity index (χ0v) is 36.0. The number of hydrogen-bond acceptors (Lipinski definition) is 10. The molecule has 0 saturated heterocycles. The monoisotopic (exact) mass is 854 g/mol. The van der Waals surface area contributed by atoms with Gasteiger partial charge in [0.15, 0.2) is 5.75 Å². The van der Waals surface area contributed by atoms with Crippen LogP contribution in [0.5, 0.6) is 17.2 Å². The van der Waals surface area contributed by atoms with Crippen LogP contribution in [-0.2, 0) is 14.3 Å². The van der Waals surface area contributed by atoms with Crippen LogP contribution in [0.25, 0.3) is 21.5 Å². The first kappa shape index (κ1) is 45.5. The average Bonchev–Trinajstić information content (AvgIpc) is 3.18. The third-order valence-electron chi connectivity index (χ3n) is 8.57. The summed E-state index contributed by atoms with van der Waals surface area (Å²) >= 11 is 6.24. The Morgan fingerprint density at radius 1 is 0.607 bits per heavy atom. The van der Waals surface area contributed by atoms with Crippen molar-refractivity contribution in [2.75, 3.05) is 31.6 Å². The number of anilines is 1. The van der Waals surface area contributed by atoms with Gasteiger partial charge < -0.3 is 45.0 Å². The summed E-state index contributed by atoms with van der Waals surface area (Å²) in [6.07, 6.45) is -0.849. The molecule has 0 aliphatic carbocycles. The van der Waals surface area contributed by atoms with Gasteiger partial charge in [-0.1, -0.05) is 60.1 Å². The fraction of sp³-hybridized carbons (Fsp3) is 0.326. The molecule has 0 saturated carbocycles. The maximum absolute atomic E-state index is 14.0. The molecule has 0 unspecified atom stereocenters. The third-order valence-corrected chi connectivity index (χ3v) is 8.80. The maximum Gasteiger partial charge on any atom is 0.408 e. The van der Waals surface area contributed by atoms with Crippen molar-refractivity contribution in [3.8, 4) is 17.2 Å². The van der Waals surface area contributed by atoms with E-state index in [0.717, 1.165) is 21.5 Å². The van der Waals surface area contributed by atoms with Gasteiger partial charge in [0, 0.05) is 17.6 Å². The predicted molar refractivity (Wildman–Crippen MR) is 234 cm³/mol. The molecule has 1 atom stereocenters. The van der Waals surface area contributed by atoms with Crippen molar-refractivity contribution in [1.82, 2.24) is 16.0 Å². The van der Waals surface area contributed by atoms with Gasteiger partial charge in [0.25, 0.3) is 11.8 Å². The lowest BCUT2D eigenvalue weighted by Crippen LogP contribution is -2.43.